The number of aryl methyl sites for hydroxylation is 2. The van der Waals surface area contributed by atoms with Crippen LogP contribution >= 0.6 is 11.8 Å². The minimum absolute atomic E-state index is 0.101. The molecule has 0 spiro atoms. The molecule has 0 fully saturated rings. The van der Waals surface area contributed by atoms with Gasteiger partial charge in [0.25, 0.3) is 0 Å². The molecule has 1 atom stereocenters. The van der Waals surface area contributed by atoms with Gasteiger partial charge < -0.3 is 0 Å². The number of tetrazole rings is 1. The topological polar surface area (TPSA) is 107 Å². The second-order valence-corrected chi connectivity index (χ2v) is 9.80. The van der Waals surface area contributed by atoms with Gasteiger partial charge >= 0.3 is 0 Å². The molecular formula is C19H21N5O3S2. The van der Waals surface area contributed by atoms with Crippen molar-refractivity contribution >= 4 is 33.3 Å². The Morgan fingerprint density at radius 1 is 1.14 bits per heavy atom. The van der Waals surface area contributed by atoms with Gasteiger partial charge in [0.15, 0.2) is 5.78 Å². The van der Waals surface area contributed by atoms with E-state index in [2.05, 4.69) is 20.2 Å². The molecule has 3 rings (SSSR count). The number of ketones is 1. The van der Waals surface area contributed by atoms with E-state index in [0.717, 1.165) is 23.1 Å². The Balaban J connectivity index is 1.77. The van der Waals surface area contributed by atoms with Crippen LogP contribution in [0.2, 0.25) is 0 Å². The van der Waals surface area contributed by atoms with Gasteiger partial charge in [0.1, 0.15) is 0 Å². The molecule has 1 N–H and O–H groups in total. The molecule has 0 radical (unpaired) electrons. The van der Waals surface area contributed by atoms with E-state index in [1.807, 2.05) is 32.0 Å². The molecule has 8 nitrogen and oxygen atoms in total. The zero-order valence-electron chi connectivity index (χ0n) is 16.4. The SMILES string of the molecule is Cc1ccc(C)c(-n2nnnc2SC(C)C(=O)c2ccc(NS(C)(=O)=O)cc2)c1. The van der Waals surface area contributed by atoms with Crippen LogP contribution in [0, 0.1) is 13.8 Å². The molecule has 10 heteroatoms. The van der Waals surface area contributed by atoms with Crippen LogP contribution in [0.3, 0.4) is 0 Å². The summed E-state index contributed by atoms with van der Waals surface area (Å²) in [6, 6.07) is 12.3. The lowest BCUT2D eigenvalue weighted by atomic mass is 10.1. The van der Waals surface area contributed by atoms with E-state index >= 15 is 0 Å². The Hall–Kier alpha value is -2.72. The molecule has 0 aliphatic heterocycles. The number of hydrogen-bond acceptors (Lipinski definition) is 7. The highest BCUT2D eigenvalue weighted by Gasteiger charge is 2.21. The summed E-state index contributed by atoms with van der Waals surface area (Å²) in [4.78, 5) is 12.8. The van der Waals surface area contributed by atoms with Gasteiger partial charge in [-0.3, -0.25) is 9.52 Å². The van der Waals surface area contributed by atoms with Crippen molar-refractivity contribution in [2.75, 3.05) is 11.0 Å². The lowest BCUT2D eigenvalue weighted by molar-refractivity contribution is 0.0994. The fourth-order valence-corrected chi connectivity index (χ4v) is 4.16. The van der Waals surface area contributed by atoms with E-state index in [9.17, 15) is 13.2 Å². The summed E-state index contributed by atoms with van der Waals surface area (Å²) >= 11 is 1.27. The lowest BCUT2D eigenvalue weighted by Gasteiger charge is -2.12. The van der Waals surface area contributed by atoms with Crippen molar-refractivity contribution in [3.05, 3.63) is 59.2 Å². The third-order valence-corrected chi connectivity index (χ3v) is 5.80. The number of nitrogens with one attached hydrogen (secondary N) is 1. The molecule has 152 valence electrons. The highest BCUT2D eigenvalue weighted by Crippen LogP contribution is 2.27. The minimum Gasteiger partial charge on any atom is -0.293 e. The van der Waals surface area contributed by atoms with Crippen molar-refractivity contribution in [3.8, 4) is 5.69 Å². The number of hydrogen-bond donors (Lipinski definition) is 1. The second kappa shape index (κ2) is 8.34. The van der Waals surface area contributed by atoms with Crippen molar-refractivity contribution in [1.82, 2.24) is 20.2 Å². The molecule has 1 heterocycles. The number of benzene rings is 2. The Bertz CT molecular complexity index is 1140. The highest BCUT2D eigenvalue weighted by atomic mass is 32.2. The maximum atomic E-state index is 12.8. The summed E-state index contributed by atoms with van der Waals surface area (Å²) in [7, 11) is -3.36. The molecular weight excluding hydrogens is 410 g/mol. The Kier molecular flexibility index (Phi) is 6.04. The smallest absolute Gasteiger partial charge is 0.229 e. The van der Waals surface area contributed by atoms with E-state index in [-0.39, 0.29) is 5.78 Å². The predicted octanol–water partition coefficient (Wildman–Crippen LogP) is 3.01. The van der Waals surface area contributed by atoms with Gasteiger partial charge in [-0.15, -0.1) is 5.10 Å². The normalized spacial score (nSPS) is 12.6. The van der Waals surface area contributed by atoms with E-state index in [4.69, 9.17) is 0 Å². The maximum Gasteiger partial charge on any atom is 0.229 e. The van der Waals surface area contributed by atoms with Crippen molar-refractivity contribution in [3.63, 3.8) is 0 Å². The van der Waals surface area contributed by atoms with E-state index in [1.165, 1.54) is 11.8 Å². The molecule has 0 aliphatic carbocycles. The van der Waals surface area contributed by atoms with Crippen LogP contribution in [-0.2, 0) is 10.0 Å². The van der Waals surface area contributed by atoms with Crippen molar-refractivity contribution in [2.24, 2.45) is 0 Å². The zero-order chi connectivity index (χ0) is 21.2. The van der Waals surface area contributed by atoms with Crippen LogP contribution in [0.15, 0.2) is 47.6 Å². The number of rotatable bonds is 7. The van der Waals surface area contributed by atoms with Crippen LogP contribution in [0.25, 0.3) is 5.69 Å². The third kappa shape index (κ3) is 5.21. The average Bonchev–Trinajstić information content (AvgIpc) is 3.10. The van der Waals surface area contributed by atoms with Crippen molar-refractivity contribution in [2.45, 2.75) is 31.2 Å². The van der Waals surface area contributed by atoms with Crippen LogP contribution in [0.4, 0.5) is 5.69 Å². The Morgan fingerprint density at radius 2 is 1.83 bits per heavy atom. The van der Waals surface area contributed by atoms with Gasteiger partial charge in [-0.25, -0.2) is 8.42 Å². The molecule has 3 aromatic rings. The first-order valence-electron chi connectivity index (χ1n) is 8.79. The molecule has 0 saturated heterocycles. The van der Waals surface area contributed by atoms with Gasteiger partial charge in [0.05, 0.1) is 17.2 Å². The van der Waals surface area contributed by atoms with Crippen molar-refractivity contribution in [1.29, 1.82) is 0 Å². The molecule has 2 aromatic carbocycles. The van der Waals surface area contributed by atoms with Gasteiger partial charge in [0.2, 0.25) is 15.2 Å². The number of Topliss-reactive ketones (excluding diaryl/α,β-unsaturated/α-hetero) is 1. The van der Waals surface area contributed by atoms with Gasteiger partial charge in [-0.2, -0.15) is 4.68 Å². The van der Waals surface area contributed by atoms with Crippen molar-refractivity contribution < 1.29 is 13.2 Å². The van der Waals surface area contributed by atoms with Gasteiger partial charge in [0, 0.05) is 11.3 Å². The van der Waals surface area contributed by atoms with Crippen LogP contribution < -0.4 is 4.72 Å². The predicted molar refractivity (Wildman–Crippen MR) is 113 cm³/mol. The zero-order valence-corrected chi connectivity index (χ0v) is 18.1. The third-order valence-electron chi connectivity index (χ3n) is 4.16. The average molecular weight is 432 g/mol. The number of aromatic nitrogens is 4. The standard InChI is InChI=1S/C19H21N5O3S2/c1-12-5-6-13(2)17(11-12)24-19(20-22-23-24)28-14(3)18(25)15-7-9-16(10-8-15)21-29(4,26)27/h5-11,14,21H,1-4H3. The second-order valence-electron chi connectivity index (χ2n) is 6.74. The number of sulfonamides is 1. The minimum atomic E-state index is -3.36. The maximum absolute atomic E-state index is 12.8. The first-order valence-corrected chi connectivity index (χ1v) is 11.6. The summed E-state index contributed by atoms with van der Waals surface area (Å²) in [5.74, 6) is -0.101. The summed E-state index contributed by atoms with van der Waals surface area (Å²) < 4.78 is 26.6. The van der Waals surface area contributed by atoms with Gasteiger partial charge in [-0.1, -0.05) is 23.9 Å². The number of thioether (sulfide) groups is 1. The van der Waals surface area contributed by atoms with Crippen LogP contribution in [-0.4, -0.2) is 45.9 Å². The number of anilines is 1. The molecule has 0 aliphatic rings. The first-order chi connectivity index (χ1) is 13.6. The summed E-state index contributed by atoms with van der Waals surface area (Å²) in [6.07, 6.45) is 1.07. The molecule has 1 aromatic heterocycles. The molecule has 1 unspecified atom stereocenters. The van der Waals surface area contributed by atoms with E-state index < -0.39 is 15.3 Å². The van der Waals surface area contributed by atoms with E-state index in [0.29, 0.717) is 16.4 Å². The number of nitrogens with zero attached hydrogens (tertiary/aromatic N) is 4. The number of carbonyl (C=O) groups excluding carboxylic acids is 1. The first kappa shape index (κ1) is 21.0. The van der Waals surface area contributed by atoms with Crippen LogP contribution in [0.5, 0.6) is 0 Å². The quantitative estimate of drug-likeness (QED) is 0.453. The monoisotopic (exact) mass is 431 g/mol. The fraction of sp³-hybridized carbons (Fsp3) is 0.263. The van der Waals surface area contributed by atoms with Crippen LogP contribution in [0.1, 0.15) is 28.4 Å². The fourth-order valence-electron chi connectivity index (χ4n) is 2.71. The molecule has 0 bridgehead atoms. The molecule has 29 heavy (non-hydrogen) atoms. The number of carbonyl (C=O) groups is 1. The Labute approximate surface area is 173 Å². The Morgan fingerprint density at radius 3 is 2.48 bits per heavy atom. The summed E-state index contributed by atoms with van der Waals surface area (Å²) in [5.41, 5.74) is 3.87. The highest BCUT2D eigenvalue weighted by molar-refractivity contribution is 8.00. The molecule has 0 saturated carbocycles. The summed E-state index contributed by atoms with van der Waals surface area (Å²) in [5, 5.41) is 12.0. The largest absolute Gasteiger partial charge is 0.293 e. The van der Waals surface area contributed by atoms with Gasteiger partial charge in [-0.05, 0) is 72.7 Å². The lowest BCUT2D eigenvalue weighted by Crippen LogP contribution is -2.15. The molecule has 0 amide bonds. The summed E-state index contributed by atoms with van der Waals surface area (Å²) in [6.45, 7) is 5.76. The van der Waals surface area contributed by atoms with E-state index in [1.54, 1.807) is 35.9 Å².